The van der Waals surface area contributed by atoms with Crippen LogP contribution in [-0.4, -0.2) is 50.2 Å². The van der Waals surface area contributed by atoms with E-state index in [0.717, 1.165) is 26.1 Å². The van der Waals surface area contributed by atoms with Crippen LogP contribution >= 0.6 is 12.2 Å². The maximum absolute atomic E-state index is 11.5. The van der Waals surface area contributed by atoms with Crippen molar-refractivity contribution in [2.75, 3.05) is 31.9 Å². The summed E-state index contributed by atoms with van der Waals surface area (Å²) in [5.41, 5.74) is 5.21. The largest absolute Gasteiger partial charge is 0.392 e. The van der Waals surface area contributed by atoms with E-state index in [1.807, 2.05) is 0 Å². The average molecular weight is 265 g/mol. The fourth-order valence-electron chi connectivity index (χ4n) is 1.85. The summed E-state index contributed by atoms with van der Waals surface area (Å²) < 4.78 is 25.5. The number of thiocarbonyl (C=S) groups is 1. The summed E-state index contributed by atoms with van der Waals surface area (Å²) in [6.07, 6.45) is 1.05. The summed E-state index contributed by atoms with van der Waals surface area (Å²) >= 11 is 4.58. The Morgan fingerprint density at radius 1 is 1.62 bits per heavy atom. The molecule has 16 heavy (non-hydrogen) atoms. The number of likely N-dealkylation sites (tertiary alicyclic amines) is 1. The van der Waals surface area contributed by atoms with Crippen LogP contribution in [0.4, 0.5) is 0 Å². The molecule has 0 spiro atoms. The summed E-state index contributed by atoms with van der Waals surface area (Å²) in [6.45, 7) is 5.64. The molecular formula is C9H19N3O2S2. The molecule has 0 amide bonds. The van der Waals surface area contributed by atoms with Gasteiger partial charge >= 0.3 is 0 Å². The van der Waals surface area contributed by atoms with Gasteiger partial charge in [0.05, 0.1) is 4.99 Å². The number of hydrogen-bond acceptors (Lipinski definition) is 4. The van der Waals surface area contributed by atoms with Crippen molar-refractivity contribution in [3.63, 3.8) is 0 Å². The van der Waals surface area contributed by atoms with E-state index in [2.05, 4.69) is 28.8 Å². The highest BCUT2D eigenvalue weighted by Gasteiger charge is 2.22. The van der Waals surface area contributed by atoms with Crippen molar-refractivity contribution >= 4 is 27.2 Å². The molecule has 0 aromatic carbocycles. The molecule has 1 heterocycles. The standard InChI is InChI=1S/C9H19N3O2S2/c1-2-12-4-3-8(6-12)5-11-16(13,14)7-9(10)15/h8,11H,2-7H2,1H3,(H2,10,15). The topological polar surface area (TPSA) is 75.4 Å². The predicted molar refractivity (Wildman–Crippen MR) is 68.8 cm³/mol. The highest BCUT2D eigenvalue weighted by atomic mass is 32.2. The van der Waals surface area contributed by atoms with Crippen LogP contribution in [0.5, 0.6) is 0 Å². The van der Waals surface area contributed by atoms with Gasteiger partial charge in [0, 0.05) is 13.1 Å². The molecule has 1 aliphatic rings. The summed E-state index contributed by atoms with van der Waals surface area (Å²) in [7, 11) is -3.33. The first-order valence-electron chi connectivity index (χ1n) is 5.41. The van der Waals surface area contributed by atoms with Crippen LogP contribution in [0, 0.1) is 5.92 Å². The van der Waals surface area contributed by atoms with Gasteiger partial charge in [-0.2, -0.15) is 0 Å². The Balaban J connectivity index is 2.32. The zero-order valence-electron chi connectivity index (χ0n) is 9.48. The van der Waals surface area contributed by atoms with Crippen LogP contribution in [0.2, 0.25) is 0 Å². The smallest absolute Gasteiger partial charge is 0.218 e. The minimum Gasteiger partial charge on any atom is -0.392 e. The Morgan fingerprint density at radius 3 is 2.81 bits per heavy atom. The molecule has 1 unspecified atom stereocenters. The third kappa shape index (κ3) is 4.73. The van der Waals surface area contributed by atoms with Crippen molar-refractivity contribution in [1.82, 2.24) is 9.62 Å². The van der Waals surface area contributed by atoms with Gasteiger partial charge in [-0.25, -0.2) is 13.1 Å². The Morgan fingerprint density at radius 2 is 2.31 bits per heavy atom. The zero-order valence-corrected chi connectivity index (χ0v) is 11.1. The Bertz CT molecular complexity index is 343. The SMILES string of the molecule is CCN1CCC(CNS(=O)(=O)CC(N)=S)C1. The van der Waals surface area contributed by atoms with Gasteiger partial charge in [0.15, 0.2) is 0 Å². The lowest BCUT2D eigenvalue weighted by molar-refractivity contribution is 0.342. The van der Waals surface area contributed by atoms with Crippen LogP contribution in [-0.2, 0) is 10.0 Å². The lowest BCUT2D eigenvalue weighted by atomic mass is 10.1. The summed E-state index contributed by atoms with van der Waals surface area (Å²) in [5, 5.41) is 0. The molecule has 1 atom stereocenters. The van der Waals surface area contributed by atoms with Gasteiger partial charge < -0.3 is 10.6 Å². The molecule has 0 radical (unpaired) electrons. The van der Waals surface area contributed by atoms with Gasteiger partial charge in [0.2, 0.25) is 10.0 Å². The fourth-order valence-corrected chi connectivity index (χ4v) is 3.28. The third-order valence-corrected chi connectivity index (χ3v) is 4.37. The molecule has 0 saturated carbocycles. The highest BCUT2D eigenvalue weighted by Crippen LogP contribution is 2.14. The van der Waals surface area contributed by atoms with E-state index in [-0.39, 0.29) is 10.7 Å². The molecule has 94 valence electrons. The normalized spacial score (nSPS) is 22.4. The summed E-state index contributed by atoms with van der Waals surface area (Å²) in [4.78, 5) is 2.32. The lowest BCUT2D eigenvalue weighted by Gasteiger charge is -2.13. The first kappa shape index (κ1) is 13.8. The van der Waals surface area contributed by atoms with Crippen molar-refractivity contribution in [2.24, 2.45) is 11.7 Å². The summed E-state index contributed by atoms with van der Waals surface area (Å²) in [6, 6.07) is 0. The van der Waals surface area contributed by atoms with Crippen molar-refractivity contribution in [1.29, 1.82) is 0 Å². The minimum absolute atomic E-state index is 0.00843. The van der Waals surface area contributed by atoms with Gasteiger partial charge in [-0.15, -0.1) is 0 Å². The van der Waals surface area contributed by atoms with Crippen LogP contribution in [0.15, 0.2) is 0 Å². The molecule has 0 bridgehead atoms. The van der Waals surface area contributed by atoms with E-state index in [0.29, 0.717) is 12.5 Å². The Kier molecular flexibility index (Phi) is 5.10. The number of sulfonamides is 1. The zero-order chi connectivity index (χ0) is 12.2. The van der Waals surface area contributed by atoms with Crippen LogP contribution in [0.25, 0.3) is 0 Å². The number of hydrogen-bond donors (Lipinski definition) is 2. The molecule has 7 heteroatoms. The second-order valence-corrected chi connectivity index (χ2v) is 6.45. The molecule has 0 aromatic heterocycles. The molecular weight excluding hydrogens is 246 g/mol. The van der Waals surface area contributed by atoms with Gasteiger partial charge in [-0.1, -0.05) is 19.1 Å². The number of nitrogens with two attached hydrogens (primary N) is 1. The van der Waals surface area contributed by atoms with E-state index in [9.17, 15) is 8.42 Å². The summed E-state index contributed by atoms with van der Waals surface area (Å²) in [5.74, 6) is 0.146. The molecule has 0 aliphatic carbocycles. The van der Waals surface area contributed by atoms with E-state index < -0.39 is 10.0 Å². The average Bonchev–Trinajstić information content (AvgIpc) is 2.60. The van der Waals surface area contributed by atoms with Crippen molar-refractivity contribution in [2.45, 2.75) is 13.3 Å². The van der Waals surface area contributed by atoms with Gasteiger partial charge in [-0.3, -0.25) is 0 Å². The Hall–Kier alpha value is -0.240. The van der Waals surface area contributed by atoms with Gasteiger partial charge in [0.1, 0.15) is 5.75 Å². The minimum atomic E-state index is -3.33. The van der Waals surface area contributed by atoms with E-state index in [1.54, 1.807) is 0 Å². The number of nitrogens with one attached hydrogen (secondary N) is 1. The molecule has 1 saturated heterocycles. The third-order valence-electron chi connectivity index (χ3n) is 2.74. The second kappa shape index (κ2) is 5.90. The van der Waals surface area contributed by atoms with Crippen LogP contribution in [0.1, 0.15) is 13.3 Å². The maximum atomic E-state index is 11.5. The predicted octanol–water partition coefficient (Wildman–Crippen LogP) is -0.466. The fraction of sp³-hybridized carbons (Fsp3) is 0.889. The maximum Gasteiger partial charge on any atom is 0.218 e. The van der Waals surface area contributed by atoms with E-state index >= 15 is 0 Å². The first-order chi connectivity index (χ1) is 7.43. The van der Waals surface area contributed by atoms with Crippen molar-refractivity contribution in [3.05, 3.63) is 0 Å². The molecule has 3 N–H and O–H groups in total. The molecule has 5 nitrogen and oxygen atoms in total. The molecule has 1 rings (SSSR count). The van der Waals surface area contributed by atoms with Gasteiger partial charge in [-0.05, 0) is 25.4 Å². The number of nitrogens with zero attached hydrogens (tertiary/aromatic N) is 1. The lowest BCUT2D eigenvalue weighted by Crippen LogP contribution is -2.36. The van der Waals surface area contributed by atoms with Crippen molar-refractivity contribution in [3.8, 4) is 0 Å². The van der Waals surface area contributed by atoms with Gasteiger partial charge in [0.25, 0.3) is 0 Å². The van der Waals surface area contributed by atoms with Crippen molar-refractivity contribution < 1.29 is 8.42 Å². The van der Waals surface area contributed by atoms with E-state index in [4.69, 9.17) is 5.73 Å². The molecule has 1 aliphatic heterocycles. The van der Waals surface area contributed by atoms with Crippen LogP contribution < -0.4 is 10.5 Å². The monoisotopic (exact) mass is 265 g/mol. The molecule has 0 aromatic rings. The second-order valence-electron chi connectivity index (χ2n) is 4.12. The van der Waals surface area contributed by atoms with E-state index in [1.165, 1.54) is 0 Å². The Labute approximate surface area is 102 Å². The quantitative estimate of drug-likeness (QED) is 0.635. The molecule has 1 fully saturated rings. The highest BCUT2D eigenvalue weighted by molar-refractivity contribution is 7.92. The first-order valence-corrected chi connectivity index (χ1v) is 7.47. The van der Waals surface area contributed by atoms with Crippen LogP contribution in [0.3, 0.4) is 0 Å². The number of rotatable bonds is 6.